The fourth-order valence-electron chi connectivity index (χ4n) is 0.571. The molecule has 0 atom stereocenters. The molecule has 11 heavy (non-hydrogen) atoms. The second kappa shape index (κ2) is 12.1. The van der Waals surface area contributed by atoms with Crippen molar-refractivity contribution in [2.24, 2.45) is 5.73 Å². The quantitative estimate of drug-likeness (QED) is 0.601. The SMILES string of the molecule is CC(=O)[O-].CCCCCCN. The minimum atomic E-state index is -1.08. The fourth-order valence-corrected chi connectivity index (χ4v) is 0.571. The van der Waals surface area contributed by atoms with E-state index in [4.69, 9.17) is 15.6 Å². The van der Waals surface area contributed by atoms with E-state index in [1.807, 2.05) is 0 Å². The molecular formula is C8H18NO2-. The Hall–Kier alpha value is -0.570. The van der Waals surface area contributed by atoms with Crippen molar-refractivity contribution in [2.75, 3.05) is 6.54 Å². The van der Waals surface area contributed by atoms with Crippen molar-refractivity contribution in [3.05, 3.63) is 0 Å². The van der Waals surface area contributed by atoms with Crippen LogP contribution >= 0.6 is 0 Å². The zero-order valence-electron chi connectivity index (χ0n) is 7.43. The third-order valence-electron chi connectivity index (χ3n) is 1.06. The number of nitrogens with two attached hydrogens (primary N) is 1. The minimum Gasteiger partial charge on any atom is -0.550 e. The van der Waals surface area contributed by atoms with Crippen LogP contribution in [-0.2, 0) is 4.79 Å². The molecule has 2 N–H and O–H groups in total. The molecule has 0 aliphatic carbocycles. The highest BCUT2D eigenvalue weighted by Crippen LogP contribution is 1.95. The Labute approximate surface area is 68.6 Å². The van der Waals surface area contributed by atoms with Crippen LogP contribution < -0.4 is 10.8 Å². The van der Waals surface area contributed by atoms with Gasteiger partial charge in [-0.3, -0.25) is 0 Å². The minimum absolute atomic E-state index is 0.861. The number of hydrogen-bond donors (Lipinski definition) is 1. The van der Waals surface area contributed by atoms with Crippen LogP contribution in [0.3, 0.4) is 0 Å². The Morgan fingerprint density at radius 2 is 1.82 bits per heavy atom. The van der Waals surface area contributed by atoms with Gasteiger partial charge in [0.25, 0.3) is 0 Å². The highest BCUT2D eigenvalue weighted by atomic mass is 16.4. The Morgan fingerprint density at radius 1 is 1.36 bits per heavy atom. The molecule has 68 valence electrons. The first-order valence-electron chi connectivity index (χ1n) is 4.02. The second-order valence-corrected chi connectivity index (χ2v) is 2.34. The zero-order chi connectivity index (χ0) is 9.11. The van der Waals surface area contributed by atoms with Crippen LogP contribution in [0.5, 0.6) is 0 Å². The molecule has 0 saturated heterocycles. The Bertz CT molecular complexity index is 76.2. The number of hydrogen-bond acceptors (Lipinski definition) is 3. The van der Waals surface area contributed by atoms with Gasteiger partial charge in [-0.2, -0.15) is 0 Å². The topological polar surface area (TPSA) is 66.1 Å². The van der Waals surface area contributed by atoms with Crippen LogP contribution in [0, 0.1) is 0 Å². The summed E-state index contributed by atoms with van der Waals surface area (Å²) in [6.45, 7) is 4.04. The van der Waals surface area contributed by atoms with Crippen molar-refractivity contribution < 1.29 is 9.90 Å². The molecule has 0 fully saturated rings. The van der Waals surface area contributed by atoms with Crippen molar-refractivity contribution in [2.45, 2.75) is 39.5 Å². The molecule has 0 aliphatic heterocycles. The van der Waals surface area contributed by atoms with E-state index in [-0.39, 0.29) is 0 Å². The number of carboxylic acids is 1. The van der Waals surface area contributed by atoms with Gasteiger partial charge in [-0.05, 0) is 19.9 Å². The van der Waals surface area contributed by atoms with Gasteiger partial charge in [0.2, 0.25) is 0 Å². The van der Waals surface area contributed by atoms with Gasteiger partial charge in [0.1, 0.15) is 0 Å². The van der Waals surface area contributed by atoms with Crippen molar-refractivity contribution >= 4 is 5.97 Å². The first-order chi connectivity index (χ1) is 5.15. The van der Waals surface area contributed by atoms with E-state index < -0.39 is 5.97 Å². The summed E-state index contributed by atoms with van der Waals surface area (Å²) in [7, 11) is 0. The second-order valence-electron chi connectivity index (χ2n) is 2.34. The molecule has 0 amide bonds. The number of aliphatic carboxylic acids is 1. The predicted molar refractivity (Wildman–Crippen MR) is 43.9 cm³/mol. The number of carbonyl (C=O) groups is 1. The molecule has 0 spiro atoms. The van der Waals surface area contributed by atoms with Crippen LogP contribution in [-0.4, -0.2) is 12.5 Å². The number of carboxylic acid groups (broad SMARTS) is 1. The third kappa shape index (κ3) is 44.2. The molecule has 0 rings (SSSR count). The summed E-state index contributed by atoms with van der Waals surface area (Å²) in [5.41, 5.74) is 5.27. The summed E-state index contributed by atoms with van der Waals surface area (Å²) < 4.78 is 0. The standard InChI is InChI=1S/C6H15N.C2H4O2/c1-2-3-4-5-6-7;1-2(3)4/h2-7H2,1H3;1H3,(H,3,4)/p-1. The van der Waals surface area contributed by atoms with Gasteiger partial charge in [0.15, 0.2) is 0 Å². The Balaban J connectivity index is 0. The van der Waals surface area contributed by atoms with Crippen molar-refractivity contribution in [1.82, 2.24) is 0 Å². The highest BCUT2D eigenvalue weighted by molar-refractivity contribution is 5.60. The monoisotopic (exact) mass is 160 g/mol. The van der Waals surface area contributed by atoms with Gasteiger partial charge in [-0.1, -0.05) is 26.2 Å². The summed E-state index contributed by atoms with van der Waals surface area (Å²) >= 11 is 0. The van der Waals surface area contributed by atoms with E-state index in [1.54, 1.807) is 0 Å². The molecule has 0 unspecified atom stereocenters. The lowest BCUT2D eigenvalue weighted by Gasteiger charge is -1.90. The third-order valence-corrected chi connectivity index (χ3v) is 1.06. The summed E-state index contributed by atoms with van der Waals surface area (Å²) in [4.78, 5) is 8.89. The molecule has 3 heteroatoms. The van der Waals surface area contributed by atoms with Crippen LogP contribution in [0.2, 0.25) is 0 Å². The lowest BCUT2D eigenvalue weighted by atomic mass is 10.2. The van der Waals surface area contributed by atoms with Crippen LogP contribution in [0.1, 0.15) is 39.5 Å². The Kier molecular flexibility index (Phi) is 14.4. The highest BCUT2D eigenvalue weighted by Gasteiger charge is 1.80. The van der Waals surface area contributed by atoms with Gasteiger partial charge < -0.3 is 15.6 Å². The largest absolute Gasteiger partial charge is 0.550 e. The van der Waals surface area contributed by atoms with Crippen LogP contribution in [0.25, 0.3) is 0 Å². The smallest absolute Gasteiger partial charge is 0.0383 e. The van der Waals surface area contributed by atoms with Gasteiger partial charge in [-0.25, -0.2) is 0 Å². The van der Waals surface area contributed by atoms with Gasteiger partial charge in [0, 0.05) is 5.97 Å². The van der Waals surface area contributed by atoms with E-state index in [1.165, 1.54) is 25.7 Å². The number of unbranched alkanes of at least 4 members (excludes halogenated alkanes) is 3. The van der Waals surface area contributed by atoms with E-state index >= 15 is 0 Å². The molecule has 0 radical (unpaired) electrons. The maximum Gasteiger partial charge on any atom is 0.0383 e. The first kappa shape index (κ1) is 13.1. The van der Waals surface area contributed by atoms with E-state index in [0.717, 1.165) is 13.5 Å². The molecule has 0 aromatic heterocycles. The van der Waals surface area contributed by atoms with E-state index in [9.17, 15) is 0 Å². The van der Waals surface area contributed by atoms with Crippen molar-refractivity contribution in [1.29, 1.82) is 0 Å². The molecular weight excluding hydrogens is 142 g/mol. The maximum absolute atomic E-state index is 8.89. The summed E-state index contributed by atoms with van der Waals surface area (Å²) in [6.07, 6.45) is 5.16. The molecule has 0 aromatic rings. The van der Waals surface area contributed by atoms with Gasteiger partial charge in [0.05, 0.1) is 0 Å². The molecule has 0 aliphatic rings. The summed E-state index contributed by atoms with van der Waals surface area (Å²) in [5.74, 6) is -1.08. The van der Waals surface area contributed by atoms with Crippen LogP contribution in [0.4, 0.5) is 0 Å². The van der Waals surface area contributed by atoms with Crippen molar-refractivity contribution in [3.8, 4) is 0 Å². The van der Waals surface area contributed by atoms with Crippen LogP contribution in [0.15, 0.2) is 0 Å². The molecule has 0 saturated carbocycles. The molecule has 0 heterocycles. The lowest BCUT2D eigenvalue weighted by molar-refractivity contribution is -0.302. The zero-order valence-corrected chi connectivity index (χ0v) is 7.43. The summed E-state index contributed by atoms with van der Waals surface area (Å²) in [6, 6.07) is 0. The first-order valence-corrected chi connectivity index (χ1v) is 4.02. The van der Waals surface area contributed by atoms with Gasteiger partial charge >= 0.3 is 0 Å². The predicted octanol–water partition coefficient (Wildman–Crippen LogP) is 0.282. The molecule has 3 nitrogen and oxygen atoms in total. The number of carbonyl (C=O) groups excluding carboxylic acids is 1. The molecule has 0 aromatic carbocycles. The van der Waals surface area contributed by atoms with Crippen molar-refractivity contribution in [3.63, 3.8) is 0 Å². The average molecular weight is 160 g/mol. The van der Waals surface area contributed by atoms with E-state index in [0.29, 0.717) is 0 Å². The van der Waals surface area contributed by atoms with Gasteiger partial charge in [-0.15, -0.1) is 0 Å². The Morgan fingerprint density at radius 3 is 2.09 bits per heavy atom. The fraction of sp³-hybridized carbons (Fsp3) is 0.875. The van der Waals surface area contributed by atoms with E-state index in [2.05, 4.69) is 6.92 Å². The lowest BCUT2D eigenvalue weighted by Crippen LogP contribution is -2.16. The maximum atomic E-state index is 8.89. The number of rotatable bonds is 4. The average Bonchev–Trinajstić information content (AvgIpc) is 1.88. The molecule has 0 bridgehead atoms. The summed E-state index contributed by atoms with van der Waals surface area (Å²) in [5, 5.41) is 8.89. The normalized spacial score (nSPS) is 8.27.